The number of alkyl carbamates (subject to hydrolysis) is 1. The van der Waals surface area contributed by atoms with Crippen molar-refractivity contribution in [2.24, 2.45) is 5.92 Å². The van der Waals surface area contributed by atoms with Gasteiger partial charge in [0, 0.05) is 6.54 Å². The highest BCUT2D eigenvalue weighted by Crippen LogP contribution is 2.24. The number of nitrogens with one attached hydrogen (secondary N) is 4. The first-order chi connectivity index (χ1) is 11.5. The molecular formula is C14H22N6O3S. The van der Waals surface area contributed by atoms with Crippen LogP contribution < -0.4 is 27.2 Å². The van der Waals surface area contributed by atoms with Crippen LogP contribution in [-0.4, -0.2) is 34.8 Å². The molecule has 9 nitrogen and oxygen atoms in total. The van der Waals surface area contributed by atoms with Crippen LogP contribution in [0.2, 0.25) is 0 Å². The standard InChI is InChI=1S/C14H22N6O3S/c1-23-14(22)20-13(24)17-9-10(18-12(15)19-11(9)21)16-7-8-5-3-2-4-6-8/h8H,2-7H2,1H3,(H2,17,20,22,24)(H4,15,16,18,19,21). The van der Waals surface area contributed by atoms with Gasteiger partial charge >= 0.3 is 6.09 Å². The number of hydrogen-bond donors (Lipinski definition) is 5. The second-order valence-corrected chi connectivity index (χ2v) is 6.04. The van der Waals surface area contributed by atoms with Gasteiger partial charge in [-0.05, 0) is 31.0 Å². The second-order valence-electron chi connectivity index (χ2n) is 5.63. The van der Waals surface area contributed by atoms with Crippen LogP contribution in [0, 0.1) is 5.92 Å². The number of aromatic nitrogens is 2. The molecule has 1 saturated carbocycles. The van der Waals surface area contributed by atoms with Crippen LogP contribution >= 0.6 is 12.2 Å². The summed E-state index contributed by atoms with van der Waals surface area (Å²) in [6.07, 6.45) is 5.27. The van der Waals surface area contributed by atoms with E-state index in [0.29, 0.717) is 18.3 Å². The lowest BCUT2D eigenvalue weighted by molar-refractivity contribution is 0.177. The molecule has 132 valence electrons. The molecule has 1 amide bonds. The molecule has 0 aromatic carbocycles. The van der Waals surface area contributed by atoms with E-state index < -0.39 is 11.7 Å². The largest absolute Gasteiger partial charge is 0.453 e. The third kappa shape index (κ3) is 5.08. The Labute approximate surface area is 144 Å². The zero-order chi connectivity index (χ0) is 17.5. The van der Waals surface area contributed by atoms with Crippen molar-refractivity contribution in [2.45, 2.75) is 32.1 Å². The Hall–Kier alpha value is -2.36. The number of H-pyrrole nitrogens is 1. The third-order valence-corrected chi connectivity index (χ3v) is 4.06. The number of thiocarbonyl (C=S) groups is 1. The van der Waals surface area contributed by atoms with Crippen LogP contribution in [0.4, 0.5) is 22.2 Å². The van der Waals surface area contributed by atoms with Crippen molar-refractivity contribution in [2.75, 3.05) is 30.0 Å². The van der Waals surface area contributed by atoms with E-state index in [1.165, 1.54) is 26.4 Å². The molecule has 1 heterocycles. The first kappa shape index (κ1) is 18.0. The van der Waals surface area contributed by atoms with Gasteiger partial charge in [0.2, 0.25) is 5.95 Å². The number of nitrogens with zero attached hydrogens (tertiary/aromatic N) is 1. The van der Waals surface area contributed by atoms with Crippen molar-refractivity contribution in [3.05, 3.63) is 10.4 Å². The zero-order valence-electron chi connectivity index (χ0n) is 13.5. The maximum absolute atomic E-state index is 12.1. The SMILES string of the molecule is COC(=O)NC(=S)Nc1c(NCC2CCCCC2)nc(N)[nH]c1=O. The number of carbonyl (C=O) groups excluding carboxylic acids is 1. The molecule has 1 aliphatic carbocycles. The number of rotatable bonds is 4. The van der Waals surface area contributed by atoms with Crippen molar-refractivity contribution in [1.82, 2.24) is 15.3 Å². The fourth-order valence-corrected chi connectivity index (χ4v) is 2.84. The van der Waals surface area contributed by atoms with Crippen LogP contribution in [0.1, 0.15) is 32.1 Å². The topological polar surface area (TPSA) is 134 Å². The molecule has 1 fully saturated rings. The number of aromatic amines is 1. The van der Waals surface area contributed by atoms with Crippen molar-refractivity contribution < 1.29 is 9.53 Å². The van der Waals surface area contributed by atoms with E-state index in [-0.39, 0.29) is 16.7 Å². The van der Waals surface area contributed by atoms with Gasteiger partial charge in [-0.2, -0.15) is 4.98 Å². The van der Waals surface area contributed by atoms with Crippen LogP contribution in [0.3, 0.4) is 0 Å². The Bertz CT molecular complexity index is 656. The molecule has 0 atom stereocenters. The minimum Gasteiger partial charge on any atom is -0.453 e. The highest BCUT2D eigenvalue weighted by molar-refractivity contribution is 7.80. The summed E-state index contributed by atoms with van der Waals surface area (Å²) < 4.78 is 4.45. The number of carbonyl (C=O) groups is 1. The molecule has 1 aliphatic rings. The maximum atomic E-state index is 12.1. The van der Waals surface area contributed by atoms with Crippen molar-refractivity contribution in [3.63, 3.8) is 0 Å². The third-order valence-electron chi connectivity index (χ3n) is 3.86. The molecule has 2 rings (SSSR count). The van der Waals surface area contributed by atoms with E-state index in [2.05, 4.69) is 30.7 Å². The van der Waals surface area contributed by atoms with E-state index in [0.717, 1.165) is 12.8 Å². The summed E-state index contributed by atoms with van der Waals surface area (Å²) in [7, 11) is 1.21. The Morgan fingerprint density at radius 3 is 2.79 bits per heavy atom. The number of amides is 1. The molecule has 0 bridgehead atoms. The maximum Gasteiger partial charge on any atom is 0.413 e. The highest BCUT2D eigenvalue weighted by Gasteiger charge is 2.17. The smallest absolute Gasteiger partial charge is 0.413 e. The fraction of sp³-hybridized carbons (Fsp3) is 0.571. The van der Waals surface area contributed by atoms with Gasteiger partial charge < -0.3 is 21.1 Å². The molecule has 0 radical (unpaired) electrons. The van der Waals surface area contributed by atoms with Gasteiger partial charge in [0.1, 0.15) is 5.69 Å². The summed E-state index contributed by atoms with van der Waals surface area (Å²) in [4.78, 5) is 29.8. The molecule has 10 heteroatoms. The minimum atomic E-state index is -0.732. The van der Waals surface area contributed by atoms with Crippen molar-refractivity contribution in [3.8, 4) is 0 Å². The summed E-state index contributed by atoms with van der Waals surface area (Å²) in [6.45, 7) is 0.696. The van der Waals surface area contributed by atoms with Crippen LogP contribution in [0.15, 0.2) is 4.79 Å². The average Bonchev–Trinajstić information content (AvgIpc) is 2.56. The van der Waals surface area contributed by atoms with Crippen LogP contribution in [0.5, 0.6) is 0 Å². The molecule has 1 aromatic heterocycles. The van der Waals surface area contributed by atoms with Gasteiger partial charge in [-0.15, -0.1) is 0 Å². The zero-order valence-corrected chi connectivity index (χ0v) is 14.3. The molecule has 0 saturated heterocycles. The molecule has 6 N–H and O–H groups in total. The second kappa shape index (κ2) is 8.48. The van der Waals surface area contributed by atoms with Crippen molar-refractivity contribution >= 4 is 40.9 Å². The number of nitrogen functional groups attached to an aromatic ring is 1. The van der Waals surface area contributed by atoms with Crippen LogP contribution in [0.25, 0.3) is 0 Å². The van der Waals surface area contributed by atoms with E-state index in [1.807, 2.05) is 0 Å². The molecule has 1 aromatic rings. The Morgan fingerprint density at radius 1 is 1.42 bits per heavy atom. The first-order valence-corrected chi connectivity index (χ1v) is 8.20. The van der Waals surface area contributed by atoms with Gasteiger partial charge in [0.05, 0.1) is 7.11 Å². The summed E-state index contributed by atoms with van der Waals surface area (Å²) in [5, 5.41) is 8.02. The number of ether oxygens (including phenoxy) is 1. The summed E-state index contributed by atoms with van der Waals surface area (Å²) in [6, 6.07) is 0. The quantitative estimate of drug-likeness (QED) is 0.512. The van der Waals surface area contributed by atoms with Crippen molar-refractivity contribution in [1.29, 1.82) is 0 Å². The number of nitrogens with two attached hydrogens (primary N) is 1. The molecule has 0 spiro atoms. The number of methoxy groups -OCH3 is 1. The predicted octanol–water partition coefficient (Wildman–Crippen LogP) is 1.40. The number of hydrogen-bond acceptors (Lipinski definition) is 7. The Kier molecular flexibility index (Phi) is 6.36. The average molecular weight is 354 g/mol. The normalized spacial score (nSPS) is 14.7. The predicted molar refractivity (Wildman–Crippen MR) is 96.1 cm³/mol. The van der Waals surface area contributed by atoms with Crippen LogP contribution in [-0.2, 0) is 4.74 Å². The summed E-state index contributed by atoms with van der Waals surface area (Å²) in [5.41, 5.74) is 5.23. The molecule has 24 heavy (non-hydrogen) atoms. The van der Waals surface area contributed by atoms with E-state index in [1.54, 1.807) is 0 Å². The van der Waals surface area contributed by atoms with E-state index in [9.17, 15) is 9.59 Å². The molecule has 0 aliphatic heterocycles. The lowest BCUT2D eigenvalue weighted by Gasteiger charge is -2.22. The first-order valence-electron chi connectivity index (χ1n) is 7.79. The summed E-state index contributed by atoms with van der Waals surface area (Å²) >= 11 is 4.98. The lowest BCUT2D eigenvalue weighted by Crippen LogP contribution is -2.36. The Morgan fingerprint density at radius 2 is 2.12 bits per heavy atom. The van der Waals surface area contributed by atoms with E-state index in [4.69, 9.17) is 18.0 Å². The van der Waals surface area contributed by atoms with Gasteiger partial charge in [-0.3, -0.25) is 15.1 Å². The Balaban J connectivity index is 2.09. The van der Waals surface area contributed by atoms with Gasteiger partial charge in [-0.25, -0.2) is 4.79 Å². The summed E-state index contributed by atoms with van der Waals surface area (Å²) in [5.74, 6) is 0.841. The van der Waals surface area contributed by atoms with Gasteiger partial charge in [0.15, 0.2) is 10.9 Å². The highest BCUT2D eigenvalue weighted by atomic mass is 32.1. The lowest BCUT2D eigenvalue weighted by atomic mass is 9.89. The van der Waals surface area contributed by atoms with Gasteiger partial charge in [0.25, 0.3) is 5.56 Å². The van der Waals surface area contributed by atoms with Gasteiger partial charge in [-0.1, -0.05) is 19.3 Å². The molecular weight excluding hydrogens is 332 g/mol. The fourth-order valence-electron chi connectivity index (χ4n) is 2.66. The minimum absolute atomic E-state index is 0.00328. The number of anilines is 3. The monoisotopic (exact) mass is 354 g/mol. The van der Waals surface area contributed by atoms with E-state index >= 15 is 0 Å². The molecule has 0 unspecified atom stereocenters.